The zero-order valence-corrected chi connectivity index (χ0v) is 12.1. The van der Waals surface area contributed by atoms with E-state index in [2.05, 4.69) is 15.3 Å². The molecule has 0 unspecified atom stereocenters. The molecular formula is C11H18Cl2N4O. The number of carbonyl (C=O) groups is 1. The van der Waals surface area contributed by atoms with Crippen LogP contribution in [-0.4, -0.2) is 46.5 Å². The fraction of sp³-hybridized carbons (Fsp3) is 0.545. The van der Waals surface area contributed by atoms with E-state index >= 15 is 0 Å². The summed E-state index contributed by atoms with van der Waals surface area (Å²) in [5.41, 5.74) is 1.25. The van der Waals surface area contributed by atoms with E-state index in [1.54, 1.807) is 12.4 Å². The number of hydrogen-bond donors (Lipinski definition) is 1. The highest BCUT2D eigenvalue weighted by molar-refractivity contribution is 5.92. The van der Waals surface area contributed by atoms with Gasteiger partial charge in [0.05, 0.1) is 11.9 Å². The maximum Gasteiger partial charge on any atom is 0.274 e. The quantitative estimate of drug-likeness (QED) is 0.841. The van der Waals surface area contributed by atoms with Gasteiger partial charge in [-0.05, 0) is 13.8 Å². The van der Waals surface area contributed by atoms with Gasteiger partial charge in [0, 0.05) is 31.9 Å². The van der Waals surface area contributed by atoms with Crippen molar-refractivity contribution in [3.8, 4) is 0 Å². The monoisotopic (exact) mass is 292 g/mol. The van der Waals surface area contributed by atoms with E-state index < -0.39 is 0 Å². The van der Waals surface area contributed by atoms with Crippen molar-refractivity contribution in [1.82, 2.24) is 20.2 Å². The zero-order chi connectivity index (χ0) is 11.5. The first-order chi connectivity index (χ1) is 7.68. The summed E-state index contributed by atoms with van der Waals surface area (Å²) in [6.07, 6.45) is 3.17. The maximum atomic E-state index is 12.1. The van der Waals surface area contributed by atoms with E-state index in [4.69, 9.17) is 0 Å². The molecule has 0 spiro atoms. The summed E-state index contributed by atoms with van der Waals surface area (Å²) in [6.45, 7) is 6.30. The van der Waals surface area contributed by atoms with E-state index in [9.17, 15) is 4.79 Å². The summed E-state index contributed by atoms with van der Waals surface area (Å²) in [4.78, 5) is 22.2. The Balaban J connectivity index is 0.00000144. The second kappa shape index (κ2) is 7.51. The van der Waals surface area contributed by atoms with Gasteiger partial charge in [-0.3, -0.25) is 9.78 Å². The fourth-order valence-corrected chi connectivity index (χ4v) is 1.79. The number of amides is 1. The van der Waals surface area contributed by atoms with Gasteiger partial charge < -0.3 is 10.2 Å². The van der Waals surface area contributed by atoms with Gasteiger partial charge in [-0.1, -0.05) is 0 Å². The smallest absolute Gasteiger partial charge is 0.274 e. The molecule has 2 heterocycles. The minimum atomic E-state index is -0.0264. The van der Waals surface area contributed by atoms with Gasteiger partial charge in [-0.15, -0.1) is 24.8 Å². The molecule has 1 aliphatic rings. The molecule has 1 N–H and O–H groups in total. The SMILES string of the molecule is Cc1cnc(C(=O)N2CCNC[C@@H]2C)cn1.Cl.Cl. The average Bonchev–Trinajstić information content (AvgIpc) is 2.30. The van der Waals surface area contributed by atoms with Crippen molar-refractivity contribution in [3.05, 3.63) is 23.8 Å². The van der Waals surface area contributed by atoms with Crippen molar-refractivity contribution >= 4 is 30.7 Å². The molecule has 7 heteroatoms. The molecule has 1 amide bonds. The van der Waals surface area contributed by atoms with Gasteiger partial charge in [0.25, 0.3) is 5.91 Å². The predicted octanol–water partition coefficient (Wildman–Crippen LogP) is 1.06. The van der Waals surface area contributed by atoms with E-state index in [-0.39, 0.29) is 36.8 Å². The third-order valence-corrected chi connectivity index (χ3v) is 2.76. The van der Waals surface area contributed by atoms with Crippen molar-refractivity contribution < 1.29 is 4.79 Å². The van der Waals surface area contributed by atoms with Crippen LogP contribution in [0.15, 0.2) is 12.4 Å². The lowest BCUT2D eigenvalue weighted by atomic mass is 10.2. The molecule has 1 aromatic rings. The zero-order valence-electron chi connectivity index (χ0n) is 10.4. The van der Waals surface area contributed by atoms with Gasteiger partial charge in [0.1, 0.15) is 5.69 Å². The van der Waals surface area contributed by atoms with E-state index in [0.29, 0.717) is 5.69 Å². The highest BCUT2D eigenvalue weighted by Crippen LogP contribution is 2.07. The normalized spacial score (nSPS) is 18.6. The lowest BCUT2D eigenvalue weighted by molar-refractivity contribution is 0.0649. The van der Waals surface area contributed by atoms with Crippen LogP contribution in [0.3, 0.4) is 0 Å². The lowest BCUT2D eigenvalue weighted by Gasteiger charge is -2.33. The molecule has 1 aliphatic heterocycles. The Morgan fingerprint density at radius 3 is 2.67 bits per heavy atom. The van der Waals surface area contributed by atoms with Crippen LogP contribution in [-0.2, 0) is 0 Å². The number of hydrogen-bond acceptors (Lipinski definition) is 4. The number of piperazine rings is 1. The highest BCUT2D eigenvalue weighted by Gasteiger charge is 2.24. The van der Waals surface area contributed by atoms with Crippen LogP contribution in [0.5, 0.6) is 0 Å². The molecule has 1 saturated heterocycles. The van der Waals surface area contributed by atoms with Crippen molar-refractivity contribution in [3.63, 3.8) is 0 Å². The molecular weight excluding hydrogens is 275 g/mol. The minimum absolute atomic E-state index is 0. The average molecular weight is 293 g/mol. The van der Waals surface area contributed by atoms with E-state index in [1.807, 2.05) is 18.7 Å². The van der Waals surface area contributed by atoms with E-state index in [0.717, 1.165) is 25.3 Å². The first-order valence-electron chi connectivity index (χ1n) is 5.49. The van der Waals surface area contributed by atoms with Crippen LogP contribution in [0, 0.1) is 6.92 Å². The minimum Gasteiger partial charge on any atom is -0.332 e. The van der Waals surface area contributed by atoms with Crippen LogP contribution < -0.4 is 5.32 Å². The maximum absolute atomic E-state index is 12.1. The molecule has 1 atom stereocenters. The Morgan fingerprint density at radius 2 is 2.11 bits per heavy atom. The first-order valence-corrected chi connectivity index (χ1v) is 5.49. The second-order valence-corrected chi connectivity index (χ2v) is 4.09. The first kappa shape index (κ1) is 17.1. The molecule has 1 aromatic heterocycles. The molecule has 5 nitrogen and oxygen atoms in total. The van der Waals surface area contributed by atoms with Crippen LogP contribution in [0.25, 0.3) is 0 Å². The molecule has 1 fully saturated rings. The van der Waals surface area contributed by atoms with Crippen molar-refractivity contribution in [2.45, 2.75) is 19.9 Å². The Labute approximate surface area is 119 Å². The number of nitrogens with zero attached hydrogens (tertiary/aromatic N) is 3. The third-order valence-electron chi connectivity index (χ3n) is 2.76. The number of aryl methyl sites for hydroxylation is 1. The molecule has 18 heavy (non-hydrogen) atoms. The number of carbonyl (C=O) groups excluding carboxylic acids is 1. The number of rotatable bonds is 1. The molecule has 0 saturated carbocycles. The Bertz CT molecular complexity index is 385. The van der Waals surface area contributed by atoms with Crippen molar-refractivity contribution in [1.29, 1.82) is 0 Å². The van der Waals surface area contributed by atoms with Crippen LogP contribution in [0.4, 0.5) is 0 Å². The third kappa shape index (κ3) is 3.80. The molecule has 2 rings (SSSR count). The lowest BCUT2D eigenvalue weighted by Crippen LogP contribution is -2.52. The van der Waals surface area contributed by atoms with Gasteiger partial charge >= 0.3 is 0 Å². The van der Waals surface area contributed by atoms with Crippen LogP contribution in [0.1, 0.15) is 23.1 Å². The summed E-state index contributed by atoms with van der Waals surface area (Å²) in [6, 6.07) is 0.212. The summed E-state index contributed by atoms with van der Waals surface area (Å²) < 4.78 is 0. The summed E-state index contributed by atoms with van der Waals surface area (Å²) >= 11 is 0. The summed E-state index contributed by atoms with van der Waals surface area (Å²) in [7, 11) is 0. The standard InChI is InChI=1S/C11H16N4O.2ClH/c1-8-5-14-10(7-13-8)11(16)15-4-3-12-6-9(15)2;;/h5,7,9,12H,3-4,6H2,1-2H3;2*1H/t9-;;/m0../s1. The largest absolute Gasteiger partial charge is 0.332 e. The molecule has 0 aliphatic carbocycles. The Kier molecular flexibility index (Phi) is 7.13. The van der Waals surface area contributed by atoms with E-state index in [1.165, 1.54) is 0 Å². The second-order valence-electron chi connectivity index (χ2n) is 4.09. The van der Waals surface area contributed by atoms with Crippen molar-refractivity contribution in [2.75, 3.05) is 19.6 Å². The topological polar surface area (TPSA) is 58.1 Å². The van der Waals surface area contributed by atoms with Gasteiger partial charge in [0.15, 0.2) is 0 Å². The van der Waals surface area contributed by atoms with Crippen LogP contribution in [0.2, 0.25) is 0 Å². The molecule has 102 valence electrons. The van der Waals surface area contributed by atoms with Gasteiger partial charge in [-0.25, -0.2) is 4.98 Å². The highest BCUT2D eigenvalue weighted by atomic mass is 35.5. The van der Waals surface area contributed by atoms with Gasteiger partial charge in [0.2, 0.25) is 0 Å². The Hall–Kier alpha value is -0.910. The van der Waals surface area contributed by atoms with Crippen LogP contribution >= 0.6 is 24.8 Å². The summed E-state index contributed by atoms with van der Waals surface area (Å²) in [5.74, 6) is -0.0264. The number of aromatic nitrogens is 2. The van der Waals surface area contributed by atoms with Crippen molar-refractivity contribution in [2.24, 2.45) is 0 Å². The number of nitrogens with one attached hydrogen (secondary N) is 1. The molecule has 0 radical (unpaired) electrons. The fourth-order valence-electron chi connectivity index (χ4n) is 1.79. The molecule has 0 bridgehead atoms. The van der Waals surface area contributed by atoms with Gasteiger partial charge in [-0.2, -0.15) is 0 Å². The predicted molar refractivity (Wildman–Crippen MR) is 74.6 cm³/mol. The summed E-state index contributed by atoms with van der Waals surface area (Å²) in [5, 5.41) is 3.25. The number of halogens is 2. The Morgan fingerprint density at radius 1 is 1.39 bits per heavy atom. The molecule has 0 aromatic carbocycles.